The number of nitrogens with zero attached hydrogens (tertiary/aromatic N) is 1. The highest BCUT2D eigenvalue weighted by atomic mass is 32.2. The minimum Gasteiger partial charge on any atom is -0.382 e. The van der Waals surface area contributed by atoms with Gasteiger partial charge in [-0.05, 0) is 6.92 Å². The molecule has 1 rings (SSSR count). The Kier molecular flexibility index (Phi) is 5.19. The van der Waals surface area contributed by atoms with Crippen LogP contribution in [0.5, 0.6) is 0 Å². The third-order valence-corrected chi connectivity index (χ3v) is 4.18. The number of nitrogens with one attached hydrogen (secondary N) is 1. The van der Waals surface area contributed by atoms with Gasteiger partial charge < -0.3 is 15.0 Å². The molecule has 9 heteroatoms. The van der Waals surface area contributed by atoms with E-state index in [4.69, 9.17) is 0 Å². The van der Waals surface area contributed by atoms with Crippen LogP contribution >= 0.6 is 0 Å². The number of hydrogen-bond acceptors (Lipinski definition) is 3. The molecule has 1 N–H and O–H groups in total. The van der Waals surface area contributed by atoms with Crippen LogP contribution in [-0.2, 0) is 15.5 Å². The molecule has 19 heavy (non-hydrogen) atoms. The van der Waals surface area contributed by atoms with Crippen molar-refractivity contribution < 1.29 is 26.9 Å². The van der Waals surface area contributed by atoms with E-state index in [1.807, 2.05) is 5.32 Å². The fourth-order valence-corrected chi connectivity index (χ4v) is 2.69. The molecule has 1 unspecified atom stereocenters. The number of halogens is 3. The largest absolute Gasteiger partial charge is 0.413 e. The first-order chi connectivity index (χ1) is 8.69. The van der Waals surface area contributed by atoms with E-state index >= 15 is 0 Å². The van der Waals surface area contributed by atoms with Crippen LogP contribution in [0, 0.1) is 0 Å². The quantitative estimate of drug-likeness (QED) is 0.836. The number of methoxy groups -OCH3 is 1. The van der Waals surface area contributed by atoms with Gasteiger partial charge in [0.25, 0.3) is 0 Å². The van der Waals surface area contributed by atoms with Gasteiger partial charge in [-0.15, -0.1) is 0 Å². The smallest absolute Gasteiger partial charge is 0.382 e. The second-order valence-corrected chi connectivity index (χ2v) is 6.22. The number of ether oxygens (including phenoxy) is 1. The van der Waals surface area contributed by atoms with Gasteiger partial charge in [-0.1, -0.05) is 0 Å². The van der Waals surface area contributed by atoms with Crippen molar-refractivity contribution in [2.45, 2.75) is 18.6 Å². The van der Waals surface area contributed by atoms with E-state index in [0.717, 1.165) is 14.0 Å². The van der Waals surface area contributed by atoms with E-state index in [2.05, 4.69) is 4.74 Å². The predicted octanol–water partition coefficient (Wildman–Crippen LogP) is 0.728. The summed E-state index contributed by atoms with van der Waals surface area (Å²) < 4.78 is 54.4. The Morgan fingerprint density at radius 3 is 2.32 bits per heavy atom. The van der Waals surface area contributed by atoms with Gasteiger partial charge in [0.1, 0.15) is 0 Å². The van der Waals surface area contributed by atoms with Crippen LogP contribution in [0.4, 0.5) is 18.0 Å². The highest BCUT2D eigenvalue weighted by Gasteiger charge is 2.52. The number of urea groups is 1. The van der Waals surface area contributed by atoms with Gasteiger partial charge in [0.2, 0.25) is 0 Å². The van der Waals surface area contributed by atoms with Crippen LogP contribution in [0.15, 0.2) is 0 Å². The molecule has 0 aromatic rings. The molecule has 1 aliphatic rings. The molecule has 0 aromatic heterocycles. The number of amides is 2. The number of carbonyl (C=O) groups is 1. The van der Waals surface area contributed by atoms with E-state index in [0.29, 0.717) is 11.5 Å². The Morgan fingerprint density at radius 1 is 1.37 bits per heavy atom. The molecule has 1 heterocycles. The molecule has 1 atom stereocenters. The number of alkyl halides is 3. The standard InChI is InChI=1S/C10H17F3N2O3S/c1-9(7-18-2,10(11,12)13)14-8(16)15-3-5-19(17)6-4-15/h3-7H2,1-2H3,(H,14,16). The van der Waals surface area contributed by atoms with Crippen LogP contribution in [0.2, 0.25) is 0 Å². The summed E-state index contributed by atoms with van der Waals surface area (Å²) in [6.45, 7) is 0.594. The topological polar surface area (TPSA) is 58.6 Å². The first-order valence-electron chi connectivity index (χ1n) is 5.67. The fraction of sp³-hybridized carbons (Fsp3) is 0.900. The molecule has 0 radical (unpaired) electrons. The number of hydrogen-bond donors (Lipinski definition) is 1. The van der Waals surface area contributed by atoms with E-state index in [-0.39, 0.29) is 13.1 Å². The van der Waals surface area contributed by atoms with Gasteiger partial charge >= 0.3 is 12.2 Å². The summed E-state index contributed by atoms with van der Waals surface area (Å²) in [5.74, 6) is 0.584. The molecule has 1 fully saturated rings. The van der Waals surface area contributed by atoms with Crippen molar-refractivity contribution in [3.05, 3.63) is 0 Å². The first kappa shape index (κ1) is 16.2. The summed E-state index contributed by atoms with van der Waals surface area (Å²) in [6, 6.07) is -0.812. The molecule has 2 amide bonds. The molecule has 0 spiro atoms. The fourth-order valence-electron chi connectivity index (χ4n) is 1.63. The maximum Gasteiger partial charge on any atom is 0.413 e. The summed E-state index contributed by atoms with van der Waals surface area (Å²) in [4.78, 5) is 13.0. The summed E-state index contributed by atoms with van der Waals surface area (Å²) in [5.41, 5.74) is -2.44. The Hall–Kier alpha value is -0.830. The Labute approximate surface area is 111 Å². The molecular weight excluding hydrogens is 285 g/mol. The van der Waals surface area contributed by atoms with E-state index in [1.165, 1.54) is 4.90 Å². The van der Waals surface area contributed by atoms with Crippen molar-refractivity contribution in [3.8, 4) is 0 Å². The first-order valence-corrected chi connectivity index (χ1v) is 7.16. The van der Waals surface area contributed by atoms with Crippen LogP contribution in [0.25, 0.3) is 0 Å². The lowest BCUT2D eigenvalue weighted by molar-refractivity contribution is -0.200. The molecule has 0 aliphatic carbocycles. The third kappa shape index (κ3) is 4.07. The monoisotopic (exact) mass is 302 g/mol. The summed E-state index contributed by atoms with van der Waals surface area (Å²) in [7, 11) is 0.149. The molecule has 0 saturated carbocycles. The Balaban J connectivity index is 2.69. The van der Waals surface area contributed by atoms with E-state index in [9.17, 15) is 22.2 Å². The maximum absolute atomic E-state index is 12.9. The lowest BCUT2D eigenvalue weighted by atomic mass is 10.0. The average molecular weight is 302 g/mol. The highest BCUT2D eigenvalue weighted by Crippen LogP contribution is 2.30. The number of carbonyl (C=O) groups excluding carboxylic acids is 1. The van der Waals surface area contributed by atoms with E-state index in [1.54, 1.807) is 0 Å². The van der Waals surface area contributed by atoms with Crippen LogP contribution in [0.3, 0.4) is 0 Å². The minimum absolute atomic E-state index is 0.194. The summed E-state index contributed by atoms with van der Waals surface area (Å²) in [6.07, 6.45) is -4.61. The van der Waals surface area contributed by atoms with Crippen molar-refractivity contribution in [1.82, 2.24) is 10.2 Å². The predicted molar refractivity (Wildman–Crippen MR) is 64.3 cm³/mol. The molecular formula is C10H17F3N2O3S. The van der Waals surface area contributed by atoms with Gasteiger partial charge in [0, 0.05) is 42.5 Å². The third-order valence-electron chi connectivity index (χ3n) is 2.91. The summed E-state index contributed by atoms with van der Waals surface area (Å²) >= 11 is 0. The zero-order valence-corrected chi connectivity index (χ0v) is 11.6. The molecule has 1 saturated heterocycles. The zero-order chi connectivity index (χ0) is 14.7. The van der Waals surface area contributed by atoms with Crippen LogP contribution in [0.1, 0.15) is 6.92 Å². The minimum atomic E-state index is -4.61. The zero-order valence-electron chi connectivity index (χ0n) is 10.7. The van der Waals surface area contributed by atoms with Gasteiger partial charge in [-0.2, -0.15) is 13.2 Å². The van der Waals surface area contributed by atoms with Crippen molar-refractivity contribution in [3.63, 3.8) is 0 Å². The Bertz CT molecular complexity index is 354. The van der Waals surface area contributed by atoms with Crippen molar-refractivity contribution in [1.29, 1.82) is 0 Å². The van der Waals surface area contributed by atoms with Crippen molar-refractivity contribution in [2.75, 3.05) is 38.3 Å². The van der Waals surface area contributed by atoms with Gasteiger partial charge in [-0.3, -0.25) is 4.21 Å². The molecule has 5 nitrogen and oxygen atoms in total. The van der Waals surface area contributed by atoms with Crippen LogP contribution in [-0.4, -0.2) is 65.2 Å². The van der Waals surface area contributed by atoms with Crippen LogP contribution < -0.4 is 5.32 Å². The second kappa shape index (κ2) is 6.08. The van der Waals surface area contributed by atoms with E-state index < -0.39 is 35.2 Å². The van der Waals surface area contributed by atoms with Crippen molar-refractivity contribution in [2.24, 2.45) is 0 Å². The normalized spacial score (nSPS) is 21.0. The average Bonchev–Trinajstić information content (AvgIpc) is 2.28. The summed E-state index contributed by atoms with van der Waals surface area (Å²) in [5, 5.41) is 1.96. The molecule has 0 aromatic carbocycles. The van der Waals surface area contributed by atoms with Gasteiger partial charge in [0.05, 0.1) is 6.61 Å². The Morgan fingerprint density at radius 2 is 1.89 bits per heavy atom. The van der Waals surface area contributed by atoms with Gasteiger partial charge in [0.15, 0.2) is 5.54 Å². The maximum atomic E-state index is 12.9. The molecule has 112 valence electrons. The molecule has 1 aliphatic heterocycles. The number of rotatable bonds is 3. The van der Waals surface area contributed by atoms with Gasteiger partial charge in [-0.25, -0.2) is 4.79 Å². The SMILES string of the molecule is COCC(C)(NC(=O)N1CCS(=O)CC1)C(F)(F)F. The highest BCUT2D eigenvalue weighted by molar-refractivity contribution is 7.85. The molecule has 0 bridgehead atoms. The van der Waals surface area contributed by atoms with Crippen molar-refractivity contribution >= 4 is 16.8 Å². The second-order valence-electron chi connectivity index (χ2n) is 4.53. The lowest BCUT2D eigenvalue weighted by Crippen LogP contribution is -2.62. The lowest BCUT2D eigenvalue weighted by Gasteiger charge is -2.35.